The minimum atomic E-state index is -3.69. The first-order valence-electron chi connectivity index (χ1n) is 13.9. The van der Waals surface area contributed by atoms with Gasteiger partial charge in [-0.25, -0.2) is 8.42 Å². The van der Waals surface area contributed by atoms with Crippen molar-refractivity contribution in [3.05, 3.63) is 23.3 Å². The highest BCUT2D eigenvalue weighted by atomic mass is 32.2. The Bertz CT molecular complexity index is 1020. The zero-order valence-electron chi connectivity index (χ0n) is 24.4. The van der Waals surface area contributed by atoms with E-state index in [1.807, 2.05) is 11.9 Å². The first-order valence-corrected chi connectivity index (χ1v) is 15.3. The van der Waals surface area contributed by atoms with E-state index in [9.17, 15) is 13.2 Å². The number of aryl methyl sites for hydroxylation is 2. The molecule has 2 aliphatic rings. The summed E-state index contributed by atoms with van der Waals surface area (Å²) in [7, 11) is 1.29. The summed E-state index contributed by atoms with van der Waals surface area (Å²) in [5.74, 6) is 0.582. The Kier molecular flexibility index (Phi) is 11.0. The van der Waals surface area contributed by atoms with Crippen molar-refractivity contribution in [3.63, 3.8) is 0 Å². The van der Waals surface area contributed by atoms with Crippen LogP contribution in [-0.4, -0.2) is 119 Å². The van der Waals surface area contributed by atoms with Gasteiger partial charge in [0.1, 0.15) is 12.4 Å². The normalized spacial score (nSPS) is 21.7. The number of likely N-dealkylation sites (N-methyl/N-ethyl adjacent to an activating group) is 2. The van der Waals surface area contributed by atoms with Crippen LogP contribution in [0.25, 0.3) is 0 Å². The quantitative estimate of drug-likeness (QED) is 0.391. The summed E-state index contributed by atoms with van der Waals surface area (Å²) in [6.45, 7) is 12.8. The zero-order valence-corrected chi connectivity index (χ0v) is 25.2. The molecule has 0 aromatic heterocycles. The number of hydrogen-bond acceptors (Lipinski definition) is 7. The summed E-state index contributed by atoms with van der Waals surface area (Å²) in [6.07, 6.45) is 4.35. The Hall–Kier alpha value is -1.72. The molecule has 1 aliphatic carbocycles. The summed E-state index contributed by atoms with van der Waals surface area (Å²) >= 11 is 0. The second kappa shape index (κ2) is 13.6. The van der Waals surface area contributed by atoms with Gasteiger partial charge in [-0.05, 0) is 76.6 Å². The molecule has 1 saturated carbocycles. The van der Waals surface area contributed by atoms with Gasteiger partial charge >= 0.3 is 0 Å². The maximum absolute atomic E-state index is 13.2. The van der Waals surface area contributed by atoms with E-state index in [1.54, 1.807) is 40.1 Å². The molecule has 1 aromatic rings. The SMILES string of the molecule is COc1cc(C)c(S(=O)(=O)N(C)CCOCC(=O)N(C)[C@H]2CCC[C@@H](N3CCN(C(C)C)CC3)C2)c(C)c1. The van der Waals surface area contributed by atoms with Crippen LogP contribution in [0.1, 0.15) is 50.7 Å². The van der Waals surface area contributed by atoms with Crippen molar-refractivity contribution in [1.82, 2.24) is 19.0 Å². The van der Waals surface area contributed by atoms with Crippen LogP contribution in [0.2, 0.25) is 0 Å². The summed E-state index contributed by atoms with van der Waals surface area (Å²) in [5.41, 5.74) is 1.28. The number of amides is 1. The Balaban J connectivity index is 1.45. The minimum absolute atomic E-state index is 0.0425. The van der Waals surface area contributed by atoms with Crippen molar-refractivity contribution in [3.8, 4) is 5.75 Å². The molecular formula is C28H48N4O5S. The predicted octanol–water partition coefficient (Wildman–Crippen LogP) is 2.74. The van der Waals surface area contributed by atoms with Gasteiger partial charge in [-0.15, -0.1) is 0 Å². The Labute approximate surface area is 230 Å². The first kappa shape index (κ1) is 30.8. The summed E-state index contributed by atoms with van der Waals surface area (Å²) < 4.78 is 38.5. The van der Waals surface area contributed by atoms with Gasteiger partial charge in [0, 0.05) is 64.9 Å². The molecule has 0 bridgehead atoms. The van der Waals surface area contributed by atoms with Crippen molar-refractivity contribution in [1.29, 1.82) is 0 Å². The van der Waals surface area contributed by atoms with Crippen LogP contribution in [0.15, 0.2) is 17.0 Å². The van der Waals surface area contributed by atoms with Crippen molar-refractivity contribution in [2.75, 3.05) is 67.1 Å². The van der Waals surface area contributed by atoms with E-state index < -0.39 is 10.0 Å². The molecule has 0 radical (unpaired) electrons. The van der Waals surface area contributed by atoms with Crippen molar-refractivity contribution >= 4 is 15.9 Å². The predicted molar refractivity (Wildman–Crippen MR) is 150 cm³/mol. The number of ether oxygens (including phenoxy) is 2. The lowest BCUT2D eigenvalue weighted by atomic mass is 9.88. The van der Waals surface area contributed by atoms with Gasteiger partial charge in [-0.2, -0.15) is 4.31 Å². The van der Waals surface area contributed by atoms with E-state index in [2.05, 4.69) is 23.6 Å². The minimum Gasteiger partial charge on any atom is -0.497 e. The number of hydrogen-bond donors (Lipinski definition) is 0. The third kappa shape index (κ3) is 7.47. The largest absolute Gasteiger partial charge is 0.497 e. The average molecular weight is 553 g/mol. The van der Waals surface area contributed by atoms with Crippen LogP contribution in [-0.2, 0) is 19.6 Å². The molecule has 10 heteroatoms. The third-order valence-corrected chi connectivity index (χ3v) is 10.4. The standard InChI is InChI=1S/C28H48N4O5S/c1-21(2)31-11-13-32(14-12-31)25-10-8-9-24(19-25)30(6)27(33)20-37-16-15-29(5)38(34,35)28-22(3)17-26(36-7)18-23(28)4/h17-18,21,24-25H,8-16,19-20H2,1-7H3/t24-,25+/m0/s1. The number of rotatable bonds is 11. The molecular weight excluding hydrogens is 504 g/mol. The van der Waals surface area contributed by atoms with Crippen LogP contribution in [0.4, 0.5) is 0 Å². The van der Waals surface area contributed by atoms with E-state index in [0.29, 0.717) is 29.0 Å². The molecule has 0 unspecified atom stereocenters. The maximum Gasteiger partial charge on any atom is 0.248 e. The van der Waals surface area contributed by atoms with E-state index in [-0.39, 0.29) is 36.6 Å². The Morgan fingerprint density at radius 3 is 2.29 bits per heavy atom. The number of sulfonamides is 1. The molecule has 0 N–H and O–H groups in total. The van der Waals surface area contributed by atoms with Gasteiger partial charge in [0.15, 0.2) is 0 Å². The van der Waals surface area contributed by atoms with Crippen molar-refractivity contribution in [2.24, 2.45) is 0 Å². The van der Waals surface area contributed by atoms with Gasteiger partial charge < -0.3 is 14.4 Å². The molecule has 216 valence electrons. The first-order chi connectivity index (χ1) is 17.9. The van der Waals surface area contributed by atoms with Gasteiger partial charge in [0.25, 0.3) is 0 Å². The second-order valence-electron chi connectivity index (χ2n) is 11.1. The number of carbonyl (C=O) groups excluding carboxylic acids is 1. The van der Waals surface area contributed by atoms with Crippen molar-refractivity contribution in [2.45, 2.75) is 76.4 Å². The lowest BCUT2D eigenvalue weighted by Gasteiger charge is -2.44. The molecule has 2 atom stereocenters. The van der Waals surface area contributed by atoms with Crippen LogP contribution in [0.3, 0.4) is 0 Å². The second-order valence-corrected chi connectivity index (χ2v) is 13.1. The molecule has 9 nitrogen and oxygen atoms in total. The molecule has 1 heterocycles. The molecule has 3 rings (SSSR count). The van der Waals surface area contributed by atoms with Crippen LogP contribution in [0, 0.1) is 13.8 Å². The van der Waals surface area contributed by atoms with E-state index in [4.69, 9.17) is 9.47 Å². The lowest BCUT2D eigenvalue weighted by Crippen LogP contribution is -2.54. The molecule has 1 saturated heterocycles. The number of benzene rings is 1. The van der Waals surface area contributed by atoms with E-state index in [0.717, 1.165) is 45.4 Å². The third-order valence-electron chi connectivity index (χ3n) is 8.27. The molecule has 38 heavy (non-hydrogen) atoms. The van der Waals surface area contributed by atoms with E-state index >= 15 is 0 Å². The molecule has 1 amide bonds. The number of piperazine rings is 1. The lowest BCUT2D eigenvalue weighted by molar-refractivity contribution is -0.138. The topological polar surface area (TPSA) is 82.6 Å². The number of nitrogens with zero attached hydrogens (tertiary/aromatic N) is 4. The molecule has 1 aromatic carbocycles. The smallest absolute Gasteiger partial charge is 0.248 e. The van der Waals surface area contributed by atoms with E-state index in [1.165, 1.54) is 10.7 Å². The fourth-order valence-corrected chi connectivity index (χ4v) is 7.37. The van der Waals surface area contributed by atoms with Gasteiger partial charge in [0.2, 0.25) is 15.9 Å². The average Bonchev–Trinajstić information content (AvgIpc) is 2.89. The van der Waals surface area contributed by atoms with Gasteiger partial charge in [-0.1, -0.05) is 0 Å². The van der Waals surface area contributed by atoms with Crippen LogP contribution < -0.4 is 4.74 Å². The monoisotopic (exact) mass is 552 g/mol. The Morgan fingerprint density at radius 1 is 1.08 bits per heavy atom. The van der Waals surface area contributed by atoms with Crippen LogP contribution >= 0.6 is 0 Å². The highest BCUT2D eigenvalue weighted by Crippen LogP contribution is 2.29. The fourth-order valence-electron chi connectivity index (χ4n) is 5.81. The number of carbonyl (C=O) groups is 1. The highest BCUT2D eigenvalue weighted by molar-refractivity contribution is 7.89. The van der Waals surface area contributed by atoms with Gasteiger partial charge in [0.05, 0.1) is 18.6 Å². The highest BCUT2D eigenvalue weighted by Gasteiger charge is 2.32. The molecule has 1 aliphatic heterocycles. The summed E-state index contributed by atoms with van der Waals surface area (Å²) in [6, 6.07) is 4.79. The molecule has 2 fully saturated rings. The Morgan fingerprint density at radius 2 is 1.71 bits per heavy atom. The van der Waals surface area contributed by atoms with Crippen LogP contribution in [0.5, 0.6) is 5.75 Å². The maximum atomic E-state index is 13.2. The number of methoxy groups -OCH3 is 1. The zero-order chi connectivity index (χ0) is 28.0. The summed E-state index contributed by atoms with van der Waals surface area (Å²) in [5, 5.41) is 0. The van der Waals surface area contributed by atoms with Gasteiger partial charge in [-0.3, -0.25) is 14.6 Å². The fraction of sp³-hybridized carbons (Fsp3) is 0.750. The summed E-state index contributed by atoms with van der Waals surface area (Å²) in [4.78, 5) is 20.2. The molecule has 0 spiro atoms. The van der Waals surface area contributed by atoms with Crippen molar-refractivity contribution < 1.29 is 22.7 Å².